The number of nitrogens with one attached hydrogen (secondary N) is 2. The van der Waals surface area contributed by atoms with Crippen molar-refractivity contribution >= 4 is 27.7 Å². The third kappa shape index (κ3) is 7.08. The number of hydrogen-bond donors (Lipinski definition) is 2. The highest BCUT2D eigenvalue weighted by atomic mass is 79.9. The summed E-state index contributed by atoms with van der Waals surface area (Å²) in [6, 6.07) is 3.11. The van der Waals surface area contributed by atoms with Crippen molar-refractivity contribution in [2.75, 3.05) is 13.1 Å². The first kappa shape index (κ1) is 17.4. The van der Waals surface area contributed by atoms with E-state index >= 15 is 0 Å². The van der Waals surface area contributed by atoms with Crippen LogP contribution in [0, 0.1) is 0 Å². The van der Waals surface area contributed by atoms with E-state index in [0.717, 1.165) is 10.9 Å². The summed E-state index contributed by atoms with van der Waals surface area (Å²) in [4.78, 5) is 34.5. The molecule has 0 aliphatic carbocycles. The summed E-state index contributed by atoms with van der Waals surface area (Å²) < 4.78 is 2.26. The first-order valence-corrected chi connectivity index (χ1v) is 7.71. The Labute approximate surface area is 132 Å². The molecule has 0 aromatic carbocycles. The van der Waals surface area contributed by atoms with E-state index in [1.54, 1.807) is 12.3 Å². The molecule has 0 atom stereocenters. The summed E-state index contributed by atoms with van der Waals surface area (Å²) in [7, 11) is 0. The molecule has 2 amide bonds. The molecule has 116 valence electrons. The number of nitrogens with zero attached hydrogens (tertiary/aromatic N) is 1. The largest absolute Gasteiger partial charge is 0.356 e. The Morgan fingerprint density at radius 3 is 2.52 bits per heavy atom. The molecule has 0 spiro atoms. The van der Waals surface area contributed by atoms with Crippen LogP contribution in [0.25, 0.3) is 0 Å². The third-order valence-corrected chi connectivity index (χ3v) is 3.24. The predicted molar refractivity (Wildman–Crippen MR) is 83.9 cm³/mol. The van der Waals surface area contributed by atoms with Gasteiger partial charge >= 0.3 is 0 Å². The normalized spacial score (nSPS) is 10.2. The summed E-state index contributed by atoms with van der Waals surface area (Å²) in [5, 5.41) is 5.40. The highest BCUT2D eigenvalue weighted by molar-refractivity contribution is 9.10. The lowest BCUT2D eigenvalue weighted by Gasteiger charge is -2.07. The SMILES string of the molecule is CCCNC(=O)CCNC(=O)CCn1cc(Br)ccc1=O. The van der Waals surface area contributed by atoms with Gasteiger partial charge in [0.25, 0.3) is 5.56 Å². The van der Waals surface area contributed by atoms with E-state index in [0.29, 0.717) is 19.6 Å². The van der Waals surface area contributed by atoms with Crippen molar-refractivity contribution in [3.8, 4) is 0 Å². The van der Waals surface area contributed by atoms with Gasteiger partial charge in [0, 0.05) is 49.2 Å². The van der Waals surface area contributed by atoms with Crippen LogP contribution in [0.3, 0.4) is 0 Å². The molecule has 7 heteroatoms. The van der Waals surface area contributed by atoms with Crippen molar-refractivity contribution in [1.29, 1.82) is 0 Å². The summed E-state index contributed by atoms with van der Waals surface area (Å²) >= 11 is 3.28. The summed E-state index contributed by atoms with van der Waals surface area (Å²) in [5.41, 5.74) is -0.148. The van der Waals surface area contributed by atoms with Gasteiger partial charge in [0.1, 0.15) is 0 Å². The van der Waals surface area contributed by atoms with Crippen LogP contribution < -0.4 is 16.2 Å². The lowest BCUT2D eigenvalue weighted by atomic mass is 10.3. The van der Waals surface area contributed by atoms with Crippen LogP contribution in [0.15, 0.2) is 27.6 Å². The molecule has 0 bridgehead atoms. The van der Waals surface area contributed by atoms with Crippen LogP contribution in [-0.2, 0) is 16.1 Å². The number of carbonyl (C=O) groups is 2. The maximum absolute atomic E-state index is 11.6. The fraction of sp³-hybridized carbons (Fsp3) is 0.500. The zero-order valence-corrected chi connectivity index (χ0v) is 13.6. The maximum Gasteiger partial charge on any atom is 0.250 e. The van der Waals surface area contributed by atoms with Gasteiger partial charge < -0.3 is 15.2 Å². The van der Waals surface area contributed by atoms with E-state index in [4.69, 9.17) is 0 Å². The van der Waals surface area contributed by atoms with Crippen molar-refractivity contribution in [2.45, 2.75) is 32.7 Å². The fourth-order valence-electron chi connectivity index (χ4n) is 1.66. The molecule has 1 aromatic rings. The number of hydrogen-bond acceptors (Lipinski definition) is 3. The number of pyridine rings is 1. The lowest BCUT2D eigenvalue weighted by molar-refractivity contribution is -0.122. The Morgan fingerprint density at radius 1 is 1.14 bits per heavy atom. The molecule has 1 rings (SSSR count). The first-order valence-electron chi connectivity index (χ1n) is 6.92. The Balaban J connectivity index is 2.27. The van der Waals surface area contributed by atoms with E-state index in [-0.39, 0.29) is 30.2 Å². The highest BCUT2D eigenvalue weighted by Gasteiger charge is 2.05. The van der Waals surface area contributed by atoms with E-state index in [1.165, 1.54) is 10.6 Å². The average molecular weight is 358 g/mol. The Hall–Kier alpha value is -1.63. The van der Waals surface area contributed by atoms with Gasteiger partial charge in [0.15, 0.2) is 0 Å². The molecule has 21 heavy (non-hydrogen) atoms. The number of amides is 2. The Morgan fingerprint density at radius 2 is 1.81 bits per heavy atom. The van der Waals surface area contributed by atoms with Crippen LogP contribution >= 0.6 is 15.9 Å². The zero-order chi connectivity index (χ0) is 15.7. The molecule has 0 fully saturated rings. The zero-order valence-electron chi connectivity index (χ0n) is 12.0. The Bertz CT molecular complexity index is 543. The van der Waals surface area contributed by atoms with Crippen LogP contribution in [0.2, 0.25) is 0 Å². The number of aromatic nitrogens is 1. The van der Waals surface area contributed by atoms with Crippen LogP contribution in [-0.4, -0.2) is 29.5 Å². The van der Waals surface area contributed by atoms with Crippen molar-refractivity contribution < 1.29 is 9.59 Å². The van der Waals surface area contributed by atoms with Gasteiger partial charge in [0.2, 0.25) is 11.8 Å². The van der Waals surface area contributed by atoms with Crippen molar-refractivity contribution in [3.63, 3.8) is 0 Å². The smallest absolute Gasteiger partial charge is 0.250 e. The Kier molecular flexibility index (Phi) is 7.74. The number of halogens is 1. The van der Waals surface area contributed by atoms with E-state index in [2.05, 4.69) is 26.6 Å². The third-order valence-electron chi connectivity index (χ3n) is 2.77. The van der Waals surface area contributed by atoms with Gasteiger partial charge in [-0.2, -0.15) is 0 Å². The molecule has 0 unspecified atom stereocenters. The average Bonchev–Trinajstić information content (AvgIpc) is 2.46. The first-order chi connectivity index (χ1) is 10.0. The molecule has 0 aliphatic rings. The monoisotopic (exact) mass is 357 g/mol. The fourth-order valence-corrected chi connectivity index (χ4v) is 2.03. The van der Waals surface area contributed by atoms with Gasteiger partial charge in [0.05, 0.1) is 0 Å². The second-order valence-corrected chi connectivity index (χ2v) is 5.49. The second-order valence-electron chi connectivity index (χ2n) is 4.58. The topological polar surface area (TPSA) is 80.2 Å². The molecule has 0 aliphatic heterocycles. The van der Waals surface area contributed by atoms with Crippen molar-refractivity contribution in [2.24, 2.45) is 0 Å². The number of carbonyl (C=O) groups excluding carboxylic acids is 2. The van der Waals surface area contributed by atoms with Gasteiger partial charge in [-0.1, -0.05) is 6.92 Å². The van der Waals surface area contributed by atoms with Gasteiger partial charge in [-0.25, -0.2) is 0 Å². The van der Waals surface area contributed by atoms with Gasteiger partial charge in [-0.15, -0.1) is 0 Å². The molecule has 0 saturated carbocycles. The van der Waals surface area contributed by atoms with Crippen LogP contribution in [0.5, 0.6) is 0 Å². The predicted octanol–water partition coefficient (Wildman–Crippen LogP) is 1.03. The minimum Gasteiger partial charge on any atom is -0.356 e. The molecule has 0 saturated heterocycles. The minimum absolute atomic E-state index is 0.0691. The minimum atomic E-state index is -0.176. The van der Waals surface area contributed by atoms with Crippen molar-refractivity contribution in [3.05, 3.63) is 33.2 Å². The molecule has 6 nitrogen and oxygen atoms in total. The van der Waals surface area contributed by atoms with Crippen molar-refractivity contribution in [1.82, 2.24) is 15.2 Å². The molecular formula is C14H20BrN3O3. The molecule has 0 radical (unpaired) electrons. The van der Waals surface area contributed by atoms with Gasteiger partial charge in [-0.05, 0) is 28.4 Å². The van der Waals surface area contributed by atoms with E-state index in [1.807, 2.05) is 6.92 Å². The summed E-state index contributed by atoms with van der Waals surface area (Å²) in [5.74, 6) is -0.245. The van der Waals surface area contributed by atoms with Crippen LogP contribution in [0.1, 0.15) is 26.2 Å². The number of rotatable bonds is 8. The standard InChI is InChI=1S/C14H20BrN3O3/c1-2-7-16-12(19)5-8-17-13(20)6-9-18-10-11(15)3-4-14(18)21/h3-4,10H,2,5-9H2,1H3,(H,16,19)(H,17,20). The van der Waals surface area contributed by atoms with Crippen LogP contribution in [0.4, 0.5) is 0 Å². The number of aryl methyl sites for hydroxylation is 1. The van der Waals surface area contributed by atoms with Gasteiger partial charge in [-0.3, -0.25) is 14.4 Å². The molecule has 1 aromatic heterocycles. The van der Waals surface area contributed by atoms with E-state index in [9.17, 15) is 14.4 Å². The molecule has 2 N–H and O–H groups in total. The maximum atomic E-state index is 11.6. The molecule has 1 heterocycles. The second kappa shape index (κ2) is 9.33. The quantitative estimate of drug-likeness (QED) is 0.729. The summed E-state index contributed by atoms with van der Waals surface area (Å²) in [6.07, 6.45) is 3.00. The van der Waals surface area contributed by atoms with E-state index < -0.39 is 0 Å². The molecular weight excluding hydrogens is 338 g/mol. The highest BCUT2D eigenvalue weighted by Crippen LogP contribution is 2.05. The summed E-state index contributed by atoms with van der Waals surface area (Å²) in [6.45, 7) is 3.25. The lowest BCUT2D eigenvalue weighted by Crippen LogP contribution is -2.32.